The Balaban J connectivity index is 0.000000202. The molecule has 2 heteroatoms. The Kier molecular flexibility index (Phi) is 6.53. The Morgan fingerprint density at radius 3 is 1.71 bits per heavy atom. The summed E-state index contributed by atoms with van der Waals surface area (Å²) < 4.78 is 4.98. The van der Waals surface area contributed by atoms with Gasteiger partial charge in [-0.1, -0.05) is 48.5 Å². The SMILES string of the molecule is COc1ccc(CCO)cc1.c1ccccc1. The van der Waals surface area contributed by atoms with Crippen molar-refractivity contribution in [3.05, 3.63) is 66.2 Å². The van der Waals surface area contributed by atoms with Crippen LogP contribution in [0.1, 0.15) is 5.56 Å². The zero-order valence-electron chi connectivity index (χ0n) is 10.0. The highest BCUT2D eigenvalue weighted by Crippen LogP contribution is 2.11. The molecule has 90 valence electrons. The summed E-state index contributed by atoms with van der Waals surface area (Å²) in [5.41, 5.74) is 1.13. The number of aliphatic hydroxyl groups excluding tert-OH is 1. The minimum atomic E-state index is 0.201. The molecule has 0 fully saturated rings. The number of hydrogen-bond acceptors (Lipinski definition) is 2. The highest BCUT2D eigenvalue weighted by Gasteiger charge is 1.91. The van der Waals surface area contributed by atoms with Gasteiger partial charge in [0.1, 0.15) is 5.75 Å². The lowest BCUT2D eigenvalue weighted by Gasteiger charge is -2.00. The summed E-state index contributed by atoms with van der Waals surface area (Å²) in [6, 6.07) is 19.7. The summed E-state index contributed by atoms with van der Waals surface area (Å²) in [6.07, 6.45) is 0.712. The number of benzene rings is 2. The van der Waals surface area contributed by atoms with E-state index in [0.717, 1.165) is 11.3 Å². The van der Waals surface area contributed by atoms with Crippen molar-refractivity contribution in [1.29, 1.82) is 0 Å². The van der Waals surface area contributed by atoms with Crippen LogP contribution in [0.4, 0.5) is 0 Å². The fraction of sp³-hybridized carbons (Fsp3) is 0.200. The van der Waals surface area contributed by atoms with Crippen molar-refractivity contribution in [3.8, 4) is 5.75 Å². The van der Waals surface area contributed by atoms with E-state index in [1.807, 2.05) is 60.7 Å². The van der Waals surface area contributed by atoms with Crippen molar-refractivity contribution in [2.24, 2.45) is 0 Å². The summed E-state index contributed by atoms with van der Waals surface area (Å²) in [4.78, 5) is 0. The number of hydrogen-bond donors (Lipinski definition) is 1. The van der Waals surface area contributed by atoms with E-state index in [4.69, 9.17) is 9.84 Å². The van der Waals surface area contributed by atoms with Crippen LogP contribution in [0.15, 0.2) is 60.7 Å². The molecule has 0 amide bonds. The van der Waals surface area contributed by atoms with Gasteiger partial charge in [0.05, 0.1) is 7.11 Å². The highest BCUT2D eigenvalue weighted by molar-refractivity contribution is 5.27. The van der Waals surface area contributed by atoms with Crippen LogP contribution in [0.3, 0.4) is 0 Å². The van der Waals surface area contributed by atoms with Crippen LogP contribution in [0.2, 0.25) is 0 Å². The average molecular weight is 230 g/mol. The van der Waals surface area contributed by atoms with E-state index in [0.29, 0.717) is 6.42 Å². The molecule has 0 atom stereocenters. The summed E-state index contributed by atoms with van der Waals surface area (Å²) >= 11 is 0. The first-order valence-electron chi connectivity index (χ1n) is 5.60. The third-order valence-electron chi connectivity index (χ3n) is 2.23. The maximum atomic E-state index is 8.61. The Morgan fingerprint density at radius 2 is 1.35 bits per heavy atom. The molecule has 0 aromatic heterocycles. The highest BCUT2D eigenvalue weighted by atomic mass is 16.5. The van der Waals surface area contributed by atoms with Crippen LogP contribution >= 0.6 is 0 Å². The van der Waals surface area contributed by atoms with E-state index in [1.54, 1.807) is 7.11 Å². The fourth-order valence-electron chi connectivity index (χ4n) is 1.31. The molecular formula is C15H18O2. The standard InChI is InChI=1S/C9H12O2.C6H6/c1-11-9-4-2-8(3-5-9)6-7-10;1-2-4-6-5-3-1/h2-5,10H,6-7H2,1H3;1-6H. The quantitative estimate of drug-likeness (QED) is 0.878. The lowest BCUT2D eigenvalue weighted by Crippen LogP contribution is -1.90. The maximum absolute atomic E-state index is 8.61. The van der Waals surface area contributed by atoms with E-state index in [9.17, 15) is 0 Å². The first-order chi connectivity index (χ1) is 8.36. The zero-order chi connectivity index (χ0) is 12.3. The molecule has 0 heterocycles. The molecule has 1 N–H and O–H groups in total. The molecule has 0 spiro atoms. The summed E-state index contributed by atoms with van der Waals surface area (Å²) in [5, 5.41) is 8.61. The molecule has 0 radical (unpaired) electrons. The van der Waals surface area contributed by atoms with Crippen LogP contribution < -0.4 is 4.74 Å². The molecule has 0 unspecified atom stereocenters. The van der Waals surface area contributed by atoms with E-state index in [2.05, 4.69) is 0 Å². The van der Waals surface area contributed by atoms with Crippen molar-refractivity contribution >= 4 is 0 Å². The van der Waals surface area contributed by atoms with Gasteiger partial charge in [0, 0.05) is 6.61 Å². The predicted octanol–water partition coefficient (Wildman–Crippen LogP) is 2.92. The first-order valence-corrected chi connectivity index (χ1v) is 5.60. The minimum Gasteiger partial charge on any atom is -0.497 e. The molecular weight excluding hydrogens is 212 g/mol. The van der Waals surface area contributed by atoms with E-state index in [1.165, 1.54) is 0 Å². The Bertz CT molecular complexity index is 355. The second-order valence-corrected chi connectivity index (χ2v) is 3.48. The molecule has 0 aliphatic carbocycles. The average Bonchev–Trinajstić information content (AvgIpc) is 2.43. The normalized spacial score (nSPS) is 9.06. The van der Waals surface area contributed by atoms with E-state index >= 15 is 0 Å². The van der Waals surface area contributed by atoms with Gasteiger partial charge in [0.2, 0.25) is 0 Å². The van der Waals surface area contributed by atoms with Gasteiger partial charge < -0.3 is 9.84 Å². The zero-order valence-corrected chi connectivity index (χ0v) is 10.0. The molecule has 2 aromatic carbocycles. The molecule has 0 aliphatic heterocycles. The number of ether oxygens (including phenoxy) is 1. The van der Waals surface area contributed by atoms with Crippen LogP contribution in [0.25, 0.3) is 0 Å². The lowest BCUT2D eigenvalue weighted by molar-refractivity contribution is 0.299. The molecule has 0 saturated carbocycles. The van der Waals surface area contributed by atoms with Crippen LogP contribution in [-0.2, 0) is 6.42 Å². The maximum Gasteiger partial charge on any atom is 0.118 e. The van der Waals surface area contributed by atoms with Crippen LogP contribution in [0.5, 0.6) is 5.75 Å². The van der Waals surface area contributed by atoms with Crippen molar-refractivity contribution in [1.82, 2.24) is 0 Å². The lowest BCUT2D eigenvalue weighted by atomic mass is 10.1. The van der Waals surface area contributed by atoms with Crippen molar-refractivity contribution in [3.63, 3.8) is 0 Å². The van der Waals surface area contributed by atoms with Gasteiger partial charge in [0.15, 0.2) is 0 Å². The molecule has 0 saturated heterocycles. The third kappa shape index (κ3) is 5.73. The summed E-state index contributed by atoms with van der Waals surface area (Å²) in [6.45, 7) is 0.201. The molecule has 0 bridgehead atoms. The van der Waals surface area contributed by atoms with Gasteiger partial charge in [-0.25, -0.2) is 0 Å². The van der Waals surface area contributed by atoms with Gasteiger partial charge in [-0.05, 0) is 24.1 Å². The van der Waals surface area contributed by atoms with E-state index in [-0.39, 0.29) is 6.61 Å². The number of aliphatic hydroxyl groups is 1. The van der Waals surface area contributed by atoms with Crippen molar-refractivity contribution < 1.29 is 9.84 Å². The van der Waals surface area contributed by atoms with Crippen LogP contribution in [-0.4, -0.2) is 18.8 Å². The smallest absolute Gasteiger partial charge is 0.118 e. The topological polar surface area (TPSA) is 29.5 Å². The largest absolute Gasteiger partial charge is 0.497 e. The van der Waals surface area contributed by atoms with Gasteiger partial charge in [-0.15, -0.1) is 0 Å². The molecule has 2 aromatic rings. The van der Waals surface area contributed by atoms with E-state index < -0.39 is 0 Å². The van der Waals surface area contributed by atoms with Crippen molar-refractivity contribution in [2.75, 3.05) is 13.7 Å². The van der Waals surface area contributed by atoms with Crippen molar-refractivity contribution in [2.45, 2.75) is 6.42 Å². The van der Waals surface area contributed by atoms with Gasteiger partial charge >= 0.3 is 0 Å². The predicted molar refractivity (Wildman–Crippen MR) is 70.2 cm³/mol. The summed E-state index contributed by atoms with van der Waals surface area (Å²) in [7, 11) is 1.64. The van der Waals surface area contributed by atoms with Gasteiger partial charge in [-0.3, -0.25) is 0 Å². The fourth-order valence-corrected chi connectivity index (χ4v) is 1.31. The second-order valence-electron chi connectivity index (χ2n) is 3.48. The molecule has 2 rings (SSSR count). The second kappa shape index (κ2) is 8.36. The number of rotatable bonds is 3. The summed E-state index contributed by atoms with van der Waals surface area (Å²) in [5.74, 6) is 0.853. The Morgan fingerprint density at radius 1 is 0.882 bits per heavy atom. The Hall–Kier alpha value is -1.80. The van der Waals surface area contributed by atoms with Crippen LogP contribution in [0, 0.1) is 0 Å². The monoisotopic (exact) mass is 230 g/mol. The number of methoxy groups -OCH3 is 1. The first kappa shape index (κ1) is 13.3. The van der Waals surface area contributed by atoms with Gasteiger partial charge in [-0.2, -0.15) is 0 Å². The third-order valence-corrected chi connectivity index (χ3v) is 2.23. The molecule has 17 heavy (non-hydrogen) atoms. The molecule has 2 nitrogen and oxygen atoms in total. The minimum absolute atomic E-state index is 0.201. The Labute approximate surface area is 102 Å². The van der Waals surface area contributed by atoms with Gasteiger partial charge in [0.25, 0.3) is 0 Å². The molecule has 0 aliphatic rings.